The van der Waals surface area contributed by atoms with Gasteiger partial charge in [0.1, 0.15) is 0 Å². The van der Waals surface area contributed by atoms with E-state index in [2.05, 4.69) is 24.4 Å². The summed E-state index contributed by atoms with van der Waals surface area (Å²) in [6.07, 6.45) is 10.8. The van der Waals surface area contributed by atoms with Crippen LogP contribution in [0.2, 0.25) is 0 Å². The molecule has 0 bridgehead atoms. The maximum atomic E-state index is 6.23. The number of rotatable bonds is 2. The maximum absolute atomic E-state index is 6.23. The molecule has 0 spiro atoms. The van der Waals surface area contributed by atoms with Crippen LogP contribution in [0.3, 0.4) is 0 Å². The van der Waals surface area contributed by atoms with Gasteiger partial charge in [0.2, 0.25) is 0 Å². The number of allylic oxidation sites excluding steroid dienone is 1. The minimum Gasteiger partial charge on any atom is -0.372 e. The van der Waals surface area contributed by atoms with Crippen LogP contribution in [0.15, 0.2) is 12.2 Å². The molecule has 1 aliphatic carbocycles. The summed E-state index contributed by atoms with van der Waals surface area (Å²) in [5.74, 6) is 0. The number of hydrogen-bond acceptors (Lipinski definition) is 2. The van der Waals surface area contributed by atoms with Crippen LogP contribution in [0, 0.1) is 0 Å². The van der Waals surface area contributed by atoms with Gasteiger partial charge in [-0.3, -0.25) is 0 Å². The van der Waals surface area contributed by atoms with Crippen molar-refractivity contribution in [3.63, 3.8) is 0 Å². The molecule has 0 radical (unpaired) electrons. The molecule has 1 fully saturated rings. The Balaban J connectivity index is 1.85. The van der Waals surface area contributed by atoms with Crippen molar-refractivity contribution < 1.29 is 4.74 Å². The molecule has 2 rings (SSSR count). The minimum absolute atomic E-state index is 0.140. The molecule has 1 heterocycles. The minimum atomic E-state index is 0.140. The predicted molar refractivity (Wildman–Crippen MR) is 58.4 cm³/mol. The summed E-state index contributed by atoms with van der Waals surface area (Å²) in [6.45, 7) is 4.49. The molecule has 80 valence electrons. The van der Waals surface area contributed by atoms with E-state index in [-0.39, 0.29) is 5.60 Å². The van der Waals surface area contributed by atoms with Crippen LogP contribution in [0.1, 0.15) is 39.0 Å². The lowest BCUT2D eigenvalue weighted by Crippen LogP contribution is -2.44. The van der Waals surface area contributed by atoms with Crippen LogP contribution in [0.4, 0.5) is 0 Å². The van der Waals surface area contributed by atoms with Crippen molar-refractivity contribution in [1.82, 2.24) is 5.32 Å². The highest BCUT2D eigenvalue weighted by Gasteiger charge is 2.30. The fraction of sp³-hybridized carbons (Fsp3) is 0.833. The second-order valence-electron chi connectivity index (χ2n) is 4.72. The quantitative estimate of drug-likeness (QED) is 0.682. The molecule has 1 saturated heterocycles. The SMILES string of the molecule is CC1(OC2CC=CCC2)CCNCC1. The molecule has 2 aliphatic rings. The van der Waals surface area contributed by atoms with Crippen LogP contribution in [0.25, 0.3) is 0 Å². The van der Waals surface area contributed by atoms with Crippen LogP contribution in [-0.4, -0.2) is 24.8 Å². The monoisotopic (exact) mass is 195 g/mol. The summed E-state index contributed by atoms with van der Waals surface area (Å²) < 4.78 is 6.23. The Bertz CT molecular complexity index is 206. The first-order valence-electron chi connectivity index (χ1n) is 5.82. The summed E-state index contributed by atoms with van der Waals surface area (Å²) in [4.78, 5) is 0. The van der Waals surface area contributed by atoms with E-state index in [1.54, 1.807) is 0 Å². The Hall–Kier alpha value is -0.340. The lowest BCUT2D eigenvalue weighted by molar-refractivity contribution is -0.100. The smallest absolute Gasteiger partial charge is 0.0682 e. The van der Waals surface area contributed by atoms with E-state index in [1.165, 1.54) is 12.8 Å². The normalized spacial score (nSPS) is 31.6. The molecule has 0 saturated carbocycles. The van der Waals surface area contributed by atoms with Gasteiger partial charge in [0.15, 0.2) is 0 Å². The topological polar surface area (TPSA) is 21.3 Å². The highest BCUT2D eigenvalue weighted by Crippen LogP contribution is 2.27. The van der Waals surface area contributed by atoms with Gasteiger partial charge in [0, 0.05) is 0 Å². The Kier molecular flexibility index (Phi) is 3.24. The van der Waals surface area contributed by atoms with E-state index in [1.807, 2.05) is 0 Å². The fourth-order valence-corrected chi connectivity index (χ4v) is 2.35. The molecule has 0 amide bonds. The predicted octanol–water partition coefficient (Wildman–Crippen LogP) is 2.25. The van der Waals surface area contributed by atoms with Crippen molar-refractivity contribution in [1.29, 1.82) is 0 Å². The Morgan fingerprint density at radius 1 is 1.29 bits per heavy atom. The van der Waals surface area contributed by atoms with E-state index >= 15 is 0 Å². The second-order valence-corrected chi connectivity index (χ2v) is 4.72. The van der Waals surface area contributed by atoms with Crippen molar-refractivity contribution in [2.75, 3.05) is 13.1 Å². The molecular formula is C12H21NO. The van der Waals surface area contributed by atoms with E-state index in [0.29, 0.717) is 6.10 Å². The highest BCUT2D eigenvalue weighted by molar-refractivity contribution is 4.92. The van der Waals surface area contributed by atoms with Crippen LogP contribution >= 0.6 is 0 Å². The summed E-state index contributed by atoms with van der Waals surface area (Å²) >= 11 is 0. The highest BCUT2D eigenvalue weighted by atomic mass is 16.5. The average molecular weight is 195 g/mol. The fourth-order valence-electron chi connectivity index (χ4n) is 2.35. The third-order valence-electron chi connectivity index (χ3n) is 3.33. The van der Waals surface area contributed by atoms with Gasteiger partial charge in [0.25, 0.3) is 0 Å². The van der Waals surface area contributed by atoms with E-state index in [9.17, 15) is 0 Å². The molecule has 14 heavy (non-hydrogen) atoms. The molecule has 0 aromatic carbocycles. The third kappa shape index (κ3) is 2.58. The zero-order valence-corrected chi connectivity index (χ0v) is 9.09. The van der Waals surface area contributed by atoms with E-state index in [4.69, 9.17) is 4.74 Å². The lowest BCUT2D eigenvalue weighted by atomic mass is 9.93. The largest absolute Gasteiger partial charge is 0.372 e. The van der Waals surface area contributed by atoms with Crippen molar-refractivity contribution in [2.24, 2.45) is 0 Å². The van der Waals surface area contributed by atoms with Crippen LogP contribution in [0.5, 0.6) is 0 Å². The van der Waals surface area contributed by atoms with Crippen molar-refractivity contribution in [2.45, 2.75) is 50.7 Å². The van der Waals surface area contributed by atoms with Gasteiger partial charge in [-0.05, 0) is 52.1 Å². The third-order valence-corrected chi connectivity index (χ3v) is 3.33. The molecule has 2 nitrogen and oxygen atoms in total. The number of nitrogens with one attached hydrogen (secondary N) is 1. The first kappa shape index (κ1) is 10.2. The summed E-state index contributed by atoms with van der Waals surface area (Å²) in [6, 6.07) is 0. The molecule has 1 unspecified atom stereocenters. The first-order chi connectivity index (χ1) is 6.79. The summed E-state index contributed by atoms with van der Waals surface area (Å²) in [7, 11) is 0. The molecule has 1 N–H and O–H groups in total. The average Bonchev–Trinajstić information content (AvgIpc) is 2.19. The van der Waals surface area contributed by atoms with E-state index < -0.39 is 0 Å². The zero-order chi connectivity index (χ0) is 9.86. The molecule has 1 aliphatic heterocycles. The Morgan fingerprint density at radius 3 is 2.71 bits per heavy atom. The summed E-state index contributed by atoms with van der Waals surface area (Å²) in [5.41, 5.74) is 0.140. The lowest BCUT2D eigenvalue weighted by Gasteiger charge is -2.38. The molecule has 1 atom stereocenters. The zero-order valence-electron chi connectivity index (χ0n) is 9.09. The van der Waals surface area contributed by atoms with E-state index in [0.717, 1.165) is 32.4 Å². The molecule has 0 aromatic rings. The molecule has 2 heteroatoms. The van der Waals surface area contributed by atoms with Crippen molar-refractivity contribution in [3.8, 4) is 0 Å². The van der Waals surface area contributed by atoms with Crippen molar-refractivity contribution >= 4 is 0 Å². The van der Waals surface area contributed by atoms with Gasteiger partial charge in [-0.15, -0.1) is 0 Å². The van der Waals surface area contributed by atoms with Crippen molar-refractivity contribution in [3.05, 3.63) is 12.2 Å². The van der Waals surface area contributed by atoms with Crippen LogP contribution < -0.4 is 5.32 Å². The van der Waals surface area contributed by atoms with Gasteiger partial charge in [-0.1, -0.05) is 12.2 Å². The van der Waals surface area contributed by atoms with Gasteiger partial charge < -0.3 is 10.1 Å². The van der Waals surface area contributed by atoms with Gasteiger partial charge in [0.05, 0.1) is 11.7 Å². The molecular weight excluding hydrogens is 174 g/mol. The number of hydrogen-bond donors (Lipinski definition) is 1. The van der Waals surface area contributed by atoms with Crippen LogP contribution in [-0.2, 0) is 4.74 Å². The Labute approximate surface area is 86.7 Å². The molecule has 0 aromatic heterocycles. The summed E-state index contributed by atoms with van der Waals surface area (Å²) in [5, 5.41) is 3.38. The van der Waals surface area contributed by atoms with Gasteiger partial charge >= 0.3 is 0 Å². The maximum Gasteiger partial charge on any atom is 0.0682 e. The number of piperidine rings is 1. The van der Waals surface area contributed by atoms with Gasteiger partial charge in [-0.25, -0.2) is 0 Å². The Morgan fingerprint density at radius 2 is 2.07 bits per heavy atom. The van der Waals surface area contributed by atoms with Gasteiger partial charge in [-0.2, -0.15) is 0 Å². The first-order valence-corrected chi connectivity index (χ1v) is 5.82. The number of ether oxygens (including phenoxy) is 1. The second kappa shape index (κ2) is 4.45. The standard InChI is InChI=1S/C12H21NO/c1-12(7-9-13-10-8-12)14-11-5-3-2-4-6-11/h2-3,11,13H,4-10H2,1H3.